The molecule has 7 heteroatoms. The minimum atomic E-state index is -3.71. The van der Waals surface area contributed by atoms with Crippen molar-refractivity contribution in [3.05, 3.63) is 29.8 Å². The molecule has 0 N–H and O–H groups in total. The number of aryl methyl sites for hydroxylation is 1. The highest BCUT2D eigenvalue weighted by Crippen LogP contribution is 2.13. The van der Waals surface area contributed by atoms with Gasteiger partial charge in [-0.2, -0.15) is 8.42 Å². The lowest BCUT2D eigenvalue weighted by atomic mass is 10.2. The van der Waals surface area contributed by atoms with E-state index in [1.165, 1.54) is 19.2 Å². The van der Waals surface area contributed by atoms with E-state index >= 15 is 0 Å². The van der Waals surface area contributed by atoms with Crippen molar-refractivity contribution < 1.29 is 26.9 Å². The van der Waals surface area contributed by atoms with Crippen molar-refractivity contribution in [2.45, 2.75) is 31.1 Å². The highest BCUT2D eigenvalue weighted by atomic mass is 32.2. The van der Waals surface area contributed by atoms with Gasteiger partial charge in [-0.25, -0.2) is 0 Å². The summed E-state index contributed by atoms with van der Waals surface area (Å²) >= 11 is 0. The molecule has 0 spiro atoms. The van der Waals surface area contributed by atoms with Gasteiger partial charge < -0.3 is 9.47 Å². The van der Waals surface area contributed by atoms with Gasteiger partial charge in [-0.15, -0.1) is 0 Å². The maximum absolute atomic E-state index is 11.9. The summed E-state index contributed by atoms with van der Waals surface area (Å²) in [5.74, 6) is -0.267. The van der Waals surface area contributed by atoms with Crippen LogP contribution in [0.2, 0.25) is 0 Å². The van der Waals surface area contributed by atoms with Gasteiger partial charge in [0, 0.05) is 19.6 Å². The molecule has 0 saturated heterocycles. The van der Waals surface area contributed by atoms with Gasteiger partial charge in [0.25, 0.3) is 10.1 Å². The van der Waals surface area contributed by atoms with E-state index in [4.69, 9.17) is 8.92 Å². The first-order valence-corrected chi connectivity index (χ1v) is 8.47. The quantitative estimate of drug-likeness (QED) is 0.371. The Morgan fingerprint density at radius 2 is 1.68 bits per heavy atom. The monoisotopic (exact) mass is 330 g/mol. The molecule has 0 aliphatic carbocycles. The number of rotatable bonds is 10. The Bertz CT molecular complexity index is 550. The van der Waals surface area contributed by atoms with E-state index in [0.717, 1.165) is 5.56 Å². The molecule has 0 fully saturated rings. The van der Waals surface area contributed by atoms with Crippen LogP contribution in [-0.4, -0.2) is 41.3 Å². The Morgan fingerprint density at radius 3 is 2.32 bits per heavy atom. The molecule has 0 heterocycles. The van der Waals surface area contributed by atoms with Crippen LogP contribution in [0.15, 0.2) is 29.2 Å². The smallest absolute Gasteiger partial charge is 0.305 e. The first kappa shape index (κ1) is 18.6. The lowest BCUT2D eigenvalue weighted by Gasteiger charge is -2.06. The SMILES string of the molecule is COC(=O)CCCOCCCOS(=O)(=O)c1ccc(C)cc1. The van der Waals surface area contributed by atoms with Crippen LogP contribution in [0.5, 0.6) is 0 Å². The Labute approximate surface area is 131 Å². The van der Waals surface area contributed by atoms with Gasteiger partial charge in [-0.3, -0.25) is 8.98 Å². The van der Waals surface area contributed by atoms with Gasteiger partial charge in [-0.05, 0) is 31.9 Å². The van der Waals surface area contributed by atoms with Crippen LogP contribution >= 0.6 is 0 Å². The van der Waals surface area contributed by atoms with Crippen molar-refractivity contribution in [2.24, 2.45) is 0 Å². The number of hydrogen-bond donors (Lipinski definition) is 0. The van der Waals surface area contributed by atoms with Crippen molar-refractivity contribution in [1.82, 2.24) is 0 Å². The predicted molar refractivity (Wildman–Crippen MR) is 81.0 cm³/mol. The summed E-state index contributed by atoms with van der Waals surface area (Å²) in [6.07, 6.45) is 1.35. The number of hydrogen-bond acceptors (Lipinski definition) is 6. The van der Waals surface area contributed by atoms with E-state index < -0.39 is 10.1 Å². The molecule has 1 rings (SSSR count). The van der Waals surface area contributed by atoms with Gasteiger partial charge in [0.05, 0.1) is 18.6 Å². The highest BCUT2D eigenvalue weighted by molar-refractivity contribution is 7.86. The van der Waals surface area contributed by atoms with Crippen LogP contribution in [0.25, 0.3) is 0 Å². The fourth-order valence-corrected chi connectivity index (χ4v) is 2.57. The van der Waals surface area contributed by atoms with E-state index in [1.54, 1.807) is 12.1 Å². The molecule has 22 heavy (non-hydrogen) atoms. The molecular weight excluding hydrogens is 308 g/mol. The lowest BCUT2D eigenvalue weighted by molar-refractivity contribution is -0.141. The molecule has 0 unspecified atom stereocenters. The molecule has 0 aromatic heterocycles. The number of benzene rings is 1. The van der Waals surface area contributed by atoms with E-state index in [-0.39, 0.29) is 17.5 Å². The molecule has 0 atom stereocenters. The maximum Gasteiger partial charge on any atom is 0.305 e. The van der Waals surface area contributed by atoms with E-state index in [9.17, 15) is 13.2 Å². The van der Waals surface area contributed by atoms with Gasteiger partial charge in [0.15, 0.2) is 0 Å². The number of ether oxygens (including phenoxy) is 2. The second kappa shape index (κ2) is 9.55. The van der Waals surface area contributed by atoms with Gasteiger partial charge in [0.2, 0.25) is 0 Å². The third-order valence-electron chi connectivity index (χ3n) is 2.88. The van der Waals surface area contributed by atoms with Crippen LogP contribution in [0, 0.1) is 6.92 Å². The topological polar surface area (TPSA) is 78.9 Å². The molecule has 124 valence electrons. The summed E-state index contributed by atoms with van der Waals surface area (Å²) in [6, 6.07) is 6.49. The van der Waals surface area contributed by atoms with Crippen LogP contribution < -0.4 is 0 Å². The fourth-order valence-electron chi connectivity index (χ4n) is 1.63. The van der Waals surface area contributed by atoms with Gasteiger partial charge in [0.1, 0.15) is 0 Å². The van der Waals surface area contributed by atoms with E-state index in [1.807, 2.05) is 6.92 Å². The van der Waals surface area contributed by atoms with Gasteiger partial charge in [-0.1, -0.05) is 17.7 Å². The summed E-state index contributed by atoms with van der Waals surface area (Å²) in [7, 11) is -2.36. The molecule has 0 saturated carbocycles. The Hall–Kier alpha value is -1.44. The standard InChI is InChI=1S/C15H22O6S/c1-13-6-8-14(9-7-13)22(17,18)21-12-4-11-20-10-3-5-15(16)19-2/h6-9H,3-5,10-12H2,1-2H3. The largest absolute Gasteiger partial charge is 0.469 e. The Kier molecular flexibility index (Phi) is 8.08. The molecule has 1 aromatic rings. The highest BCUT2D eigenvalue weighted by Gasteiger charge is 2.14. The minimum Gasteiger partial charge on any atom is -0.469 e. The van der Waals surface area contributed by atoms with Crippen molar-refractivity contribution in [3.63, 3.8) is 0 Å². The zero-order valence-electron chi connectivity index (χ0n) is 12.9. The molecule has 0 bridgehead atoms. The summed E-state index contributed by atoms with van der Waals surface area (Å²) < 4.78 is 38.5. The third-order valence-corrected chi connectivity index (χ3v) is 4.20. The number of carbonyl (C=O) groups excluding carboxylic acids is 1. The van der Waals surface area contributed by atoms with Gasteiger partial charge >= 0.3 is 5.97 Å². The van der Waals surface area contributed by atoms with Crippen molar-refractivity contribution >= 4 is 16.1 Å². The second-order valence-electron chi connectivity index (χ2n) is 4.73. The van der Waals surface area contributed by atoms with Crippen molar-refractivity contribution in [2.75, 3.05) is 26.9 Å². The first-order chi connectivity index (χ1) is 10.5. The summed E-state index contributed by atoms with van der Waals surface area (Å²) in [5, 5.41) is 0. The maximum atomic E-state index is 11.9. The minimum absolute atomic E-state index is 0.0627. The average Bonchev–Trinajstić information content (AvgIpc) is 2.50. The molecule has 0 aliphatic heterocycles. The molecular formula is C15H22O6S. The Morgan fingerprint density at radius 1 is 1.05 bits per heavy atom. The first-order valence-electron chi connectivity index (χ1n) is 7.06. The zero-order chi connectivity index (χ0) is 16.4. The van der Waals surface area contributed by atoms with Crippen molar-refractivity contribution in [3.8, 4) is 0 Å². The summed E-state index contributed by atoms with van der Waals surface area (Å²) in [5.41, 5.74) is 0.985. The van der Waals surface area contributed by atoms with E-state index in [2.05, 4.69) is 4.74 Å². The second-order valence-corrected chi connectivity index (χ2v) is 6.35. The number of methoxy groups -OCH3 is 1. The molecule has 1 aromatic carbocycles. The third kappa shape index (κ3) is 7.02. The molecule has 0 aliphatic rings. The zero-order valence-corrected chi connectivity index (χ0v) is 13.7. The molecule has 0 amide bonds. The number of esters is 1. The molecule has 6 nitrogen and oxygen atoms in total. The normalized spacial score (nSPS) is 11.4. The van der Waals surface area contributed by atoms with Crippen LogP contribution in [0.3, 0.4) is 0 Å². The number of carbonyl (C=O) groups is 1. The van der Waals surface area contributed by atoms with Crippen LogP contribution in [0.1, 0.15) is 24.8 Å². The van der Waals surface area contributed by atoms with Crippen LogP contribution in [-0.2, 0) is 28.6 Å². The summed E-state index contributed by atoms with van der Waals surface area (Å²) in [6.45, 7) is 2.76. The Balaban J connectivity index is 2.16. The summed E-state index contributed by atoms with van der Waals surface area (Å²) in [4.78, 5) is 11.0. The van der Waals surface area contributed by atoms with E-state index in [0.29, 0.717) is 32.5 Å². The van der Waals surface area contributed by atoms with Crippen LogP contribution in [0.4, 0.5) is 0 Å². The predicted octanol–water partition coefficient (Wildman–Crippen LogP) is 2.06. The fraction of sp³-hybridized carbons (Fsp3) is 0.533. The molecule has 0 radical (unpaired) electrons. The van der Waals surface area contributed by atoms with Crippen molar-refractivity contribution in [1.29, 1.82) is 0 Å². The lowest BCUT2D eigenvalue weighted by Crippen LogP contribution is -2.10. The average molecular weight is 330 g/mol.